The van der Waals surface area contributed by atoms with E-state index in [0.717, 1.165) is 11.3 Å². The van der Waals surface area contributed by atoms with Gasteiger partial charge in [-0.3, -0.25) is 9.67 Å². The summed E-state index contributed by atoms with van der Waals surface area (Å²) in [6.45, 7) is 8.51. The SMILES string of the molecule is [C-]#[N+]c1ccc([C@@]23Oc4cncc(OC)c4[C@]2(O)[C@H](O)[C@H](CN(C)Cc2ccnn2C)[C@H]3c2ccccc2)cc1. The topological polar surface area (TPSA) is 97.2 Å². The first-order chi connectivity index (χ1) is 19.3. The molecule has 0 bridgehead atoms. The fourth-order valence-corrected chi connectivity index (χ4v) is 6.78. The number of nitrogens with zero attached hydrogens (tertiary/aromatic N) is 5. The molecule has 1 aliphatic carbocycles. The number of aromatic nitrogens is 3. The number of hydrogen-bond donors (Lipinski definition) is 2. The summed E-state index contributed by atoms with van der Waals surface area (Å²) in [4.78, 5) is 9.96. The quantitative estimate of drug-likeness (QED) is 0.347. The van der Waals surface area contributed by atoms with E-state index in [1.54, 1.807) is 24.5 Å². The highest BCUT2D eigenvalue weighted by Gasteiger charge is 2.76. The Kier molecular flexibility index (Phi) is 6.34. The first-order valence-electron chi connectivity index (χ1n) is 13.2. The Bertz CT molecular complexity index is 1570. The zero-order valence-corrected chi connectivity index (χ0v) is 22.6. The average molecular weight is 538 g/mol. The van der Waals surface area contributed by atoms with Gasteiger partial charge in [-0.2, -0.15) is 5.10 Å². The van der Waals surface area contributed by atoms with E-state index < -0.39 is 29.1 Å². The summed E-state index contributed by atoms with van der Waals surface area (Å²) in [5.41, 5.74) is 0.157. The lowest BCUT2D eigenvalue weighted by atomic mass is 9.70. The zero-order chi connectivity index (χ0) is 28.1. The predicted octanol–water partition coefficient (Wildman–Crippen LogP) is 3.76. The van der Waals surface area contributed by atoms with E-state index in [4.69, 9.17) is 16.0 Å². The van der Waals surface area contributed by atoms with Gasteiger partial charge in [0, 0.05) is 38.2 Å². The predicted molar refractivity (Wildman–Crippen MR) is 148 cm³/mol. The minimum atomic E-state index is -1.88. The highest BCUT2D eigenvalue weighted by molar-refractivity contribution is 5.60. The van der Waals surface area contributed by atoms with Crippen LogP contribution < -0.4 is 9.47 Å². The molecular formula is C31H31N5O4. The third-order valence-electron chi connectivity index (χ3n) is 8.48. The zero-order valence-electron chi connectivity index (χ0n) is 22.6. The molecule has 1 saturated carbocycles. The van der Waals surface area contributed by atoms with Crippen molar-refractivity contribution in [2.75, 3.05) is 20.7 Å². The second kappa shape index (κ2) is 9.75. The molecule has 2 aromatic carbocycles. The molecule has 3 heterocycles. The van der Waals surface area contributed by atoms with Crippen LogP contribution in [-0.4, -0.2) is 56.7 Å². The van der Waals surface area contributed by atoms with Gasteiger partial charge >= 0.3 is 0 Å². The minimum Gasteiger partial charge on any atom is -0.495 e. The lowest BCUT2D eigenvalue weighted by Crippen LogP contribution is -2.52. The van der Waals surface area contributed by atoms with Crippen molar-refractivity contribution in [3.8, 4) is 11.5 Å². The summed E-state index contributed by atoms with van der Waals surface area (Å²) in [5, 5.41) is 29.5. The monoisotopic (exact) mass is 537 g/mol. The van der Waals surface area contributed by atoms with E-state index >= 15 is 0 Å². The van der Waals surface area contributed by atoms with E-state index in [0.29, 0.717) is 41.4 Å². The average Bonchev–Trinajstić information content (AvgIpc) is 3.56. The Morgan fingerprint density at radius 3 is 2.52 bits per heavy atom. The van der Waals surface area contributed by atoms with Crippen molar-refractivity contribution < 1.29 is 19.7 Å². The summed E-state index contributed by atoms with van der Waals surface area (Å²) in [6.07, 6.45) is 3.62. The lowest BCUT2D eigenvalue weighted by Gasteiger charge is -2.41. The number of aryl methyl sites for hydroxylation is 1. The van der Waals surface area contributed by atoms with Crippen LogP contribution in [0.15, 0.2) is 79.3 Å². The summed E-state index contributed by atoms with van der Waals surface area (Å²) in [6, 6.07) is 18.9. The number of rotatable bonds is 7. The van der Waals surface area contributed by atoms with Gasteiger partial charge < -0.3 is 24.6 Å². The molecule has 2 aromatic heterocycles. The second-order valence-corrected chi connectivity index (χ2v) is 10.6. The highest BCUT2D eigenvalue weighted by Crippen LogP contribution is 2.69. The van der Waals surface area contributed by atoms with Crippen molar-refractivity contribution in [1.29, 1.82) is 0 Å². The maximum absolute atomic E-state index is 12.9. The first-order valence-corrected chi connectivity index (χ1v) is 13.2. The molecule has 5 atom stereocenters. The van der Waals surface area contributed by atoms with Crippen LogP contribution in [0.3, 0.4) is 0 Å². The molecule has 9 heteroatoms. The molecule has 6 rings (SSSR count). The summed E-state index contributed by atoms with van der Waals surface area (Å²) in [7, 11) is 5.41. The maximum atomic E-state index is 12.9. The highest BCUT2D eigenvalue weighted by atomic mass is 16.5. The summed E-state index contributed by atoms with van der Waals surface area (Å²) in [5.74, 6) is -0.219. The number of aliphatic hydroxyl groups excluding tert-OH is 1. The Balaban J connectivity index is 1.56. The normalized spacial score (nSPS) is 26.7. The Morgan fingerprint density at radius 1 is 1.12 bits per heavy atom. The molecule has 1 aliphatic heterocycles. The number of methoxy groups -OCH3 is 1. The van der Waals surface area contributed by atoms with Crippen LogP contribution >= 0.6 is 0 Å². The van der Waals surface area contributed by atoms with Crippen LogP contribution in [0.5, 0.6) is 11.5 Å². The van der Waals surface area contributed by atoms with Gasteiger partial charge in [0.1, 0.15) is 11.5 Å². The Morgan fingerprint density at radius 2 is 1.88 bits per heavy atom. The van der Waals surface area contributed by atoms with Crippen LogP contribution in [0.4, 0.5) is 5.69 Å². The van der Waals surface area contributed by atoms with E-state index in [9.17, 15) is 10.2 Å². The second-order valence-electron chi connectivity index (χ2n) is 10.6. The largest absolute Gasteiger partial charge is 0.495 e. The lowest BCUT2D eigenvalue weighted by molar-refractivity contribution is -0.152. The molecule has 0 unspecified atom stereocenters. The van der Waals surface area contributed by atoms with Crippen molar-refractivity contribution in [2.24, 2.45) is 13.0 Å². The number of hydrogen-bond acceptors (Lipinski definition) is 7. The standard InChI is InChI=1S/C31H31N5O4/c1-32-22-12-10-21(11-13-22)31-27(20-8-6-5-7-9-20)24(19-35(2)18-23-14-15-34-36(23)3)29(37)30(31,38)28-25(39-4)16-33-17-26(28)40-31/h5-17,24,27,29,37-38H,18-19H2,2-4H3/t24-,27-,29-,30+,31+/m1/s1. The van der Waals surface area contributed by atoms with Crippen molar-refractivity contribution in [3.05, 3.63) is 113 Å². The van der Waals surface area contributed by atoms with Gasteiger partial charge in [0.2, 0.25) is 0 Å². The van der Waals surface area contributed by atoms with Gasteiger partial charge in [-0.1, -0.05) is 54.6 Å². The van der Waals surface area contributed by atoms with Crippen LogP contribution in [0.25, 0.3) is 4.85 Å². The van der Waals surface area contributed by atoms with Crippen LogP contribution in [-0.2, 0) is 24.8 Å². The molecule has 204 valence electrons. The van der Waals surface area contributed by atoms with Gasteiger partial charge in [-0.05, 0) is 24.2 Å². The minimum absolute atomic E-state index is 0.342. The van der Waals surface area contributed by atoms with Gasteiger partial charge in [0.05, 0.1) is 43.4 Å². The van der Waals surface area contributed by atoms with Gasteiger partial charge in [0.15, 0.2) is 16.9 Å². The molecule has 0 saturated heterocycles. The van der Waals surface area contributed by atoms with Gasteiger partial charge in [-0.15, -0.1) is 0 Å². The molecule has 40 heavy (non-hydrogen) atoms. The Labute approximate surface area is 233 Å². The van der Waals surface area contributed by atoms with Crippen molar-refractivity contribution in [3.63, 3.8) is 0 Å². The number of ether oxygens (including phenoxy) is 2. The third-order valence-corrected chi connectivity index (χ3v) is 8.48. The maximum Gasteiger partial charge on any atom is 0.187 e. The third kappa shape index (κ3) is 3.64. The van der Waals surface area contributed by atoms with Crippen LogP contribution in [0.1, 0.15) is 28.3 Å². The van der Waals surface area contributed by atoms with E-state index in [2.05, 4.69) is 19.8 Å². The van der Waals surface area contributed by atoms with Crippen LogP contribution in [0.2, 0.25) is 0 Å². The molecule has 0 radical (unpaired) electrons. The first kappa shape index (κ1) is 26.0. The van der Waals surface area contributed by atoms with E-state index in [-0.39, 0.29) is 0 Å². The van der Waals surface area contributed by atoms with Crippen molar-refractivity contribution >= 4 is 5.69 Å². The summed E-state index contributed by atoms with van der Waals surface area (Å²) >= 11 is 0. The van der Waals surface area contributed by atoms with E-state index in [1.807, 2.05) is 67.3 Å². The summed E-state index contributed by atoms with van der Waals surface area (Å²) < 4.78 is 14.3. The molecule has 1 fully saturated rings. The van der Waals surface area contributed by atoms with Gasteiger partial charge in [0.25, 0.3) is 0 Å². The number of aliphatic hydroxyl groups is 2. The molecule has 4 aromatic rings. The number of pyridine rings is 1. The fraction of sp³-hybridized carbons (Fsp3) is 0.323. The molecule has 0 spiro atoms. The Hall–Kier alpha value is -4.23. The van der Waals surface area contributed by atoms with Crippen molar-refractivity contribution in [1.82, 2.24) is 19.7 Å². The molecule has 2 N–H and O–H groups in total. The van der Waals surface area contributed by atoms with Gasteiger partial charge in [-0.25, -0.2) is 4.85 Å². The van der Waals surface area contributed by atoms with E-state index in [1.165, 1.54) is 13.3 Å². The molecule has 0 amide bonds. The van der Waals surface area contributed by atoms with Crippen molar-refractivity contribution in [2.45, 2.75) is 29.8 Å². The molecule has 2 aliphatic rings. The number of fused-ring (bicyclic) bond motifs is 3. The fourth-order valence-electron chi connectivity index (χ4n) is 6.78. The molecule has 9 nitrogen and oxygen atoms in total. The smallest absolute Gasteiger partial charge is 0.187 e. The number of benzene rings is 2. The molecular weight excluding hydrogens is 506 g/mol. The van der Waals surface area contributed by atoms with Crippen LogP contribution in [0, 0.1) is 12.5 Å².